The lowest BCUT2D eigenvalue weighted by Gasteiger charge is -2.17. The first kappa shape index (κ1) is 21.2. The van der Waals surface area contributed by atoms with E-state index >= 15 is 0 Å². The van der Waals surface area contributed by atoms with Gasteiger partial charge in [-0.3, -0.25) is 0 Å². The lowest BCUT2D eigenvalue weighted by molar-refractivity contribution is 0.553. The van der Waals surface area contributed by atoms with Gasteiger partial charge in [-0.1, -0.05) is 60.1 Å². The molecule has 5 nitrogen and oxygen atoms in total. The van der Waals surface area contributed by atoms with Gasteiger partial charge in [0, 0.05) is 24.2 Å². The highest BCUT2D eigenvalue weighted by Crippen LogP contribution is 2.35. The Morgan fingerprint density at radius 2 is 1.58 bits per heavy atom. The molecule has 0 spiro atoms. The number of hydrogen-bond acceptors (Lipinski definition) is 5. The number of anilines is 1. The maximum Gasteiger partial charge on any atom is 0.236 e. The Balaban J connectivity index is 1.84. The maximum atomic E-state index is 13.5. The van der Waals surface area contributed by atoms with Crippen LogP contribution in [0, 0.1) is 6.92 Å². The van der Waals surface area contributed by atoms with Crippen LogP contribution < -0.4 is 4.90 Å². The average Bonchev–Trinajstić information content (AvgIpc) is 3.21. The topological polar surface area (TPSA) is 63.4 Å². The Bertz CT molecular complexity index is 1300. The first-order valence-corrected chi connectivity index (χ1v) is 11.5. The molecule has 3 aromatic carbocycles. The van der Waals surface area contributed by atoms with Crippen LogP contribution in [0.1, 0.15) is 11.1 Å². The molecule has 0 aliphatic heterocycles. The fourth-order valence-electron chi connectivity index (χ4n) is 3.30. The van der Waals surface area contributed by atoms with Gasteiger partial charge in [-0.2, -0.15) is 4.98 Å². The summed E-state index contributed by atoms with van der Waals surface area (Å²) in [7, 11) is -2.14. The van der Waals surface area contributed by atoms with E-state index in [9.17, 15) is 8.42 Å². The van der Waals surface area contributed by atoms with E-state index in [1.807, 2.05) is 61.5 Å². The van der Waals surface area contributed by atoms with Gasteiger partial charge in [0.1, 0.15) is 0 Å². The maximum absolute atomic E-state index is 13.5. The molecule has 4 rings (SSSR count). The number of sulfone groups is 1. The van der Waals surface area contributed by atoms with E-state index in [1.165, 1.54) is 12.1 Å². The molecule has 1 heterocycles. The standard InChI is InChI=1S/C24H21ClN2O3S/c1-17-8-6-7-11-21(17)22-26-23(31(28,29)20-14-12-19(25)13-15-20)24(30-22)27(2)16-18-9-4-3-5-10-18/h3-15H,16H2,1-2H3. The summed E-state index contributed by atoms with van der Waals surface area (Å²) in [5.74, 6) is 0.456. The van der Waals surface area contributed by atoms with Crippen molar-refractivity contribution >= 4 is 27.3 Å². The number of benzene rings is 3. The van der Waals surface area contributed by atoms with Gasteiger partial charge in [0.05, 0.1) is 4.90 Å². The SMILES string of the molecule is Cc1ccccc1-c1nc(S(=O)(=O)c2ccc(Cl)cc2)c(N(C)Cc2ccccc2)o1. The van der Waals surface area contributed by atoms with E-state index in [2.05, 4.69) is 4.98 Å². The molecule has 0 unspecified atom stereocenters. The number of aromatic nitrogens is 1. The minimum atomic E-state index is -3.93. The van der Waals surface area contributed by atoms with Crippen molar-refractivity contribution in [1.29, 1.82) is 0 Å². The zero-order valence-corrected chi connectivity index (χ0v) is 18.7. The summed E-state index contributed by atoms with van der Waals surface area (Å²) in [6.07, 6.45) is 0. The van der Waals surface area contributed by atoms with Crippen LogP contribution in [0.25, 0.3) is 11.5 Å². The predicted octanol–water partition coefficient (Wildman–Crippen LogP) is 5.77. The van der Waals surface area contributed by atoms with E-state index in [1.54, 1.807) is 24.1 Å². The second kappa shape index (κ2) is 8.57. The van der Waals surface area contributed by atoms with Crippen LogP contribution in [0.15, 0.2) is 93.2 Å². The van der Waals surface area contributed by atoms with Gasteiger partial charge in [-0.15, -0.1) is 0 Å². The molecule has 0 aliphatic carbocycles. The van der Waals surface area contributed by atoms with Crippen LogP contribution >= 0.6 is 11.6 Å². The zero-order chi connectivity index (χ0) is 22.0. The zero-order valence-electron chi connectivity index (χ0n) is 17.1. The molecule has 0 fully saturated rings. The van der Waals surface area contributed by atoms with Crippen molar-refractivity contribution in [1.82, 2.24) is 4.98 Å². The fraction of sp³-hybridized carbons (Fsp3) is 0.125. The van der Waals surface area contributed by atoms with Gasteiger partial charge < -0.3 is 9.32 Å². The summed E-state index contributed by atoms with van der Waals surface area (Å²) in [5, 5.41) is 0.340. The second-order valence-corrected chi connectivity index (χ2v) is 9.54. The molecule has 158 valence electrons. The Hall–Kier alpha value is -3.09. The molecular weight excluding hydrogens is 432 g/mol. The lowest BCUT2D eigenvalue weighted by Crippen LogP contribution is -2.18. The Morgan fingerprint density at radius 3 is 2.26 bits per heavy atom. The number of aryl methyl sites for hydroxylation is 1. The van der Waals surface area contributed by atoms with Crippen molar-refractivity contribution in [3.8, 4) is 11.5 Å². The van der Waals surface area contributed by atoms with Gasteiger partial charge in [0.25, 0.3) is 0 Å². The summed E-state index contributed by atoms with van der Waals surface area (Å²) in [4.78, 5) is 6.31. The molecule has 31 heavy (non-hydrogen) atoms. The minimum absolute atomic E-state index is 0.107. The van der Waals surface area contributed by atoms with Gasteiger partial charge in [0.2, 0.25) is 26.6 Å². The van der Waals surface area contributed by atoms with Crippen molar-refractivity contribution in [2.75, 3.05) is 11.9 Å². The molecule has 4 aromatic rings. The number of halogens is 1. The summed E-state index contributed by atoms with van der Waals surface area (Å²) in [6, 6.07) is 23.4. The van der Waals surface area contributed by atoms with Crippen LogP contribution in [0.3, 0.4) is 0 Å². The van der Waals surface area contributed by atoms with Crippen LogP contribution in [0.5, 0.6) is 0 Å². The van der Waals surface area contributed by atoms with Gasteiger partial charge in [0.15, 0.2) is 0 Å². The monoisotopic (exact) mass is 452 g/mol. The molecular formula is C24H21ClN2O3S. The van der Waals surface area contributed by atoms with Gasteiger partial charge in [-0.05, 0) is 48.4 Å². The van der Waals surface area contributed by atoms with E-state index in [4.69, 9.17) is 16.0 Å². The number of oxazole rings is 1. The lowest BCUT2D eigenvalue weighted by atomic mass is 10.1. The van der Waals surface area contributed by atoms with Crippen molar-refractivity contribution in [3.05, 3.63) is 95.0 Å². The molecule has 0 saturated heterocycles. The quantitative estimate of drug-likeness (QED) is 0.371. The normalized spacial score (nSPS) is 11.5. The third kappa shape index (κ3) is 4.36. The Kier molecular flexibility index (Phi) is 5.85. The van der Waals surface area contributed by atoms with Crippen molar-refractivity contribution in [3.63, 3.8) is 0 Å². The highest BCUT2D eigenvalue weighted by molar-refractivity contribution is 7.91. The van der Waals surface area contributed by atoms with E-state index in [-0.39, 0.29) is 21.7 Å². The number of rotatable bonds is 6. The molecule has 7 heteroatoms. The molecule has 0 amide bonds. The summed E-state index contributed by atoms with van der Waals surface area (Å²) < 4.78 is 33.0. The molecule has 0 radical (unpaired) electrons. The van der Waals surface area contributed by atoms with E-state index in [0.717, 1.165) is 16.7 Å². The number of nitrogens with zero attached hydrogens (tertiary/aromatic N) is 2. The van der Waals surface area contributed by atoms with Crippen molar-refractivity contribution in [2.45, 2.75) is 23.4 Å². The highest BCUT2D eigenvalue weighted by Gasteiger charge is 2.30. The average molecular weight is 453 g/mol. The van der Waals surface area contributed by atoms with Crippen LogP contribution in [-0.4, -0.2) is 20.4 Å². The van der Waals surface area contributed by atoms with Gasteiger partial charge >= 0.3 is 0 Å². The molecule has 0 bridgehead atoms. The number of hydrogen-bond donors (Lipinski definition) is 0. The molecule has 1 aromatic heterocycles. The third-order valence-corrected chi connectivity index (χ3v) is 6.86. The minimum Gasteiger partial charge on any atom is -0.419 e. The summed E-state index contributed by atoms with van der Waals surface area (Å²) >= 11 is 5.94. The molecule has 0 atom stereocenters. The fourth-order valence-corrected chi connectivity index (χ4v) is 4.77. The van der Waals surface area contributed by atoms with Crippen molar-refractivity contribution < 1.29 is 12.8 Å². The summed E-state index contributed by atoms with van der Waals surface area (Å²) in [5.41, 5.74) is 2.71. The van der Waals surface area contributed by atoms with Gasteiger partial charge in [-0.25, -0.2) is 8.42 Å². The highest BCUT2D eigenvalue weighted by atomic mass is 35.5. The smallest absolute Gasteiger partial charge is 0.236 e. The van der Waals surface area contributed by atoms with Crippen LogP contribution in [0.2, 0.25) is 5.02 Å². The predicted molar refractivity (Wildman–Crippen MR) is 122 cm³/mol. The summed E-state index contributed by atoms with van der Waals surface area (Å²) in [6.45, 7) is 2.40. The Labute approximate surface area is 186 Å². The van der Waals surface area contributed by atoms with Crippen molar-refractivity contribution in [2.24, 2.45) is 0 Å². The molecule has 0 saturated carbocycles. The third-order valence-electron chi connectivity index (χ3n) is 4.94. The molecule has 0 N–H and O–H groups in total. The molecule has 0 aliphatic rings. The Morgan fingerprint density at radius 1 is 0.935 bits per heavy atom. The first-order valence-electron chi connectivity index (χ1n) is 9.69. The largest absolute Gasteiger partial charge is 0.419 e. The van der Waals surface area contributed by atoms with E-state index < -0.39 is 9.84 Å². The van der Waals surface area contributed by atoms with Crippen LogP contribution in [-0.2, 0) is 16.4 Å². The second-order valence-electron chi connectivity index (χ2n) is 7.24. The first-order chi connectivity index (χ1) is 14.9. The van der Waals surface area contributed by atoms with E-state index in [0.29, 0.717) is 11.6 Å². The van der Waals surface area contributed by atoms with Crippen LogP contribution in [0.4, 0.5) is 5.88 Å².